The van der Waals surface area contributed by atoms with E-state index in [1.807, 2.05) is 0 Å². The predicted molar refractivity (Wildman–Crippen MR) is 70.0 cm³/mol. The number of hydrogen-bond donors (Lipinski definition) is 1. The molecule has 0 bridgehead atoms. The van der Waals surface area contributed by atoms with E-state index in [1.54, 1.807) is 13.1 Å². The Bertz CT molecular complexity index is 438. The molecule has 1 aromatic carbocycles. The fraction of sp³-hybridized carbons (Fsp3) is 0.417. The minimum atomic E-state index is -0.462. The van der Waals surface area contributed by atoms with E-state index in [0.29, 0.717) is 18.8 Å². The maximum Gasteiger partial charge on any atom is 0.232 e. The van der Waals surface area contributed by atoms with Crippen LogP contribution in [-0.4, -0.2) is 33.2 Å². The first-order valence-corrected chi connectivity index (χ1v) is 5.45. The minimum Gasteiger partial charge on any atom is -0.494 e. The fourth-order valence-electron chi connectivity index (χ4n) is 1.73. The van der Waals surface area contributed by atoms with Crippen molar-refractivity contribution in [1.29, 1.82) is 0 Å². The molecule has 1 amide bonds. The molecule has 1 aliphatic heterocycles. The number of benzene rings is 1. The summed E-state index contributed by atoms with van der Waals surface area (Å²) in [5.41, 5.74) is 0.542. The third-order valence-electron chi connectivity index (χ3n) is 2.98. The lowest BCUT2D eigenvalue weighted by atomic mass is 10.0. The zero-order valence-electron chi connectivity index (χ0n) is 10.3. The first-order chi connectivity index (χ1) is 8.13. The maximum atomic E-state index is 13.5. The van der Waals surface area contributed by atoms with Crippen LogP contribution in [0, 0.1) is 11.7 Å². The van der Waals surface area contributed by atoms with E-state index in [-0.39, 0.29) is 30.0 Å². The van der Waals surface area contributed by atoms with E-state index in [0.717, 1.165) is 0 Å². The standard InChI is InChI=1S/C12H15FN2O2.ClH/c1-15(12(16)8-6-14-7-8)9-3-4-11(17-2)10(13)5-9;/h3-5,8,14H,6-7H2,1-2H3;1H. The zero-order chi connectivity index (χ0) is 12.4. The molecule has 18 heavy (non-hydrogen) atoms. The summed E-state index contributed by atoms with van der Waals surface area (Å²) < 4.78 is 18.3. The predicted octanol–water partition coefficient (Wildman–Crippen LogP) is 1.44. The van der Waals surface area contributed by atoms with Crippen molar-refractivity contribution in [2.24, 2.45) is 5.92 Å². The van der Waals surface area contributed by atoms with E-state index < -0.39 is 5.82 Å². The molecule has 2 rings (SSSR count). The third kappa shape index (κ3) is 2.73. The normalized spacial score (nSPS) is 14.4. The number of rotatable bonds is 3. The van der Waals surface area contributed by atoms with Gasteiger partial charge in [-0.15, -0.1) is 12.4 Å². The van der Waals surface area contributed by atoms with Gasteiger partial charge in [-0.1, -0.05) is 0 Å². The van der Waals surface area contributed by atoms with Crippen molar-refractivity contribution in [3.05, 3.63) is 24.0 Å². The topological polar surface area (TPSA) is 41.6 Å². The maximum absolute atomic E-state index is 13.5. The second-order valence-corrected chi connectivity index (χ2v) is 4.07. The van der Waals surface area contributed by atoms with Gasteiger partial charge in [-0.25, -0.2) is 4.39 Å². The largest absolute Gasteiger partial charge is 0.494 e. The molecule has 0 atom stereocenters. The Labute approximate surface area is 112 Å². The van der Waals surface area contributed by atoms with Gasteiger partial charge in [0, 0.05) is 31.9 Å². The summed E-state index contributed by atoms with van der Waals surface area (Å²) in [6.07, 6.45) is 0. The second-order valence-electron chi connectivity index (χ2n) is 4.07. The molecule has 6 heteroatoms. The average molecular weight is 275 g/mol. The molecule has 1 saturated heterocycles. The van der Waals surface area contributed by atoms with E-state index in [2.05, 4.69) is 5.32 Å². The number of nitrogens with zero attached hydrogens (tertiary/aromatic N) is 1. The van der Waals surface area contributed by atoms with Gasteiger partial charge in [0.1, 0.15) is 0 Å². The van der Waals surface area contributed by atoms with E-state index in [4.69, 9.17) is 4.74 Å². The molecule has 0 radical (unpaired) electrons. The molecule has 1 heterocycles. The number of anilines is 1. The SMILES string of the molecule is COc1ccc(N(C)C(=O)C2CNC2)cc1F.Cl. The highest BCUT2D eigenvalue weighted by Gasteiger charge is 2.28. The van der Waals surface area contributed by atoms with Crippen LogP contribution in [-0.2, 0) is 4.79 Å². The minimum absolute atomic E-state index is 0. The number of ether oxygens (including phenoxy) is 1. The summed E-state index contributed by atoms with van der Waals surface area (Å²) in [4.78, 5) is 13.4. The second kappa shape index (κ2) is 6.02. The van der Waals surface area contributed by atoms with Gasteiger partial charge in [-0.2, -0.15) is 0 Å². The quantitative estimate of drug-likeness (QED) is 0.907. The van der Waals surface area contributed by atoms with Crippen molar-refractivity contribution in [2.45, 2.75) is 0 Å². The highest BCUT2D eigenvalue weighted by atomic mass is 35.5. The Hall–Kier alpha value is -1.33. The van der Waals surface area contributed by atoms with Crippen LogP contribution >= 0.6 is 12.4 Å². The summed E-state index contributed by atoms with van der Waals surface area (Å²) in [5.74, 6) is -0.269. The fourth-order valence-corrected chi connectivity index (χ4v) is 1.73. The molecule has 1 aliphatic rings. The van der Waals surface area contributed by atoms with Crippen LogP contribution in [0.3, 0.4) is 0 Å². The van der Waals surface area contributed by atoms with Gasteiger partial charge in [-0.3, -0.25) is 4.79 Å². The number of nitrogens with one attached hydrogen (secondary N) is 1. The van der Waals surface area contributed by atoms with Gasteiger partial charge in [0.15, 0.2) is 11.6 Å². The molecule has 0 spiro atoms. The van der Waals surface area contributed by atoms with Crippen LogP contribution in [0.5, 0.6) is 5.75 Å². The Morgan fingerprint density at radius 3 is 2.61 bits per heavy atom. The lowest BCUT2D eigenvalue weighted by molar-refractivity contribution is -0.123. The monoisotopic (exact) mass is 274 g/mol. The molecule has 100 valence electrons. The van der Waals surface area contributed by atoms with Crippen molar-refractivity contribution < 1.29 is 13.9 Å². The first kappa shape index (κ1) is 14.7. The highest BCUT2D eigenvalue weighted by molar-refractivity contribution is 5.95. The number of halogens is 2. The zero-order valence-corrected chi connectivity index (χ0v) is 11.1. The average Bonchev–Trinajstić information content (AvgIpc) is 2.25. The van der Waals surface area contributed by atoms with Gasteiger partial charge in [-0.05, 0) is 12.1 Å². The van der Waals surface area contributed by atoms with Gasteiger partial charge < -0.3 is 15.0 Å². The van der Waals surface area contributed by atoms with Gasteiger partial charge >= 0.3 is 0 Å². The molecule has 0 aliphatic carbocycles. The molecule has 1 N–H and O–H groups in total. The van der Waals surface area contributed by atoms with Crippen molar-refractivity contribution in [2.75, 3.05) is 32.1 Å². The smallest absolute Gasteiger partial charge is 0.232 e. The number of hydrogen-bond acceptors (Lipinski definition) is 3. The van der Waals surface area contributed by atoms with Crippen LogP contribution in [0.2, 0.25) is 0 Å². The van der Waals surface area contributed by atoms with Gasteiger partial charge in [0.2, 0.25) is 5.91 Å². The first-order valence-electron chi connectivity index (χ1n) is 5.45. The molecular formula is C12H16ClFN2O2. The lowest BCUT2D eigenvalue weighted by Crippen LogP contribution is -2.51. The molecule has 0 unspecified atom stereocenters. The van der Waals surface area contributed by atoms with Crippen molar-refractivity contribution in [3.63, 3.8) is 0 Å². The van der Waals surface area contributed by atoms with Crippen molar-refractivity contribution in [3.8, 4) is 5.75 Å². The van der Waals surface area contributed by atoms with Gasteiger partial charge in [0.25, 0.3) is 0 Å². The number of carbonyl (C=O) groups excluding carboxylic acids is 1. The third-order valence-corrected chi connectivity index (χ3v) is 2.98. The summed E-state index contributed by atoms with van der Waals surface area (Å²) in [6, 6.07) is 4.50. The summed E-state index contributed by atoms with van der Waals surface area (Å²) in [6.45, 7) is 1.39. The Morgan fingerprint density at radius 2 is 2.17 bits per heavy atom. The lowest BCUT2D eigenvalue weighted by Gasteiger charge is -2.30. The van der Waals surface area contributed by atoms with Crippen LogP contribution in [0.1, 0.15) is 0 Å². The Balaban J connectivity index is 0.00000162. The van der Waals surface area contributed by atoms with E-state index in [9.17, 15) is 9.18 Å². The van der Waals surface area contributed by atoms with Crippen LogP contribution in [0.15, 0.2) is 18.2 Å². The number of methoxy groups -OCH3 is 1. The van der Waals surface area contributed by atoms with Crippen molar-refractivity contribution >= 4 is 24.0 Å². The van der Waals surface area contributed by atoms with E-state index in [1.165, 1.54) is 24.1 Å². The molecule has 1 fully saturated rings. The Morgan fingerprint density at radius 1 is 1.50 bits per heavy atom. The molecule has 0 aromatic heterocycles. The Kier molecular flexibility index (Phi) is 4.93. The highest BCUT2D eigenvalue weighted by Crippen LogP contribution is 2.24. The van der Waals surface area contributed by atoms with E-state index >= 15 is 0 Å². The summed E-state index contributed by atoms with van der Waals surface area (Å²) >= 11 is 0. The van der Waals surface area contributed by atoms with Crippen LogP contribution in [0.4, 0.5) is 10.1 Å². The summed E-state index contributed by atoms with van der Waals surface area (Å²) in [7, 11) is 3.06. The summed E-state index contributed by atoms with van der Waals surface area (Å²) in [5, 5.41) is 3.04. The van der Waals surface area contributed by atoms with Crippen LogP contribution in [0.25, 0.3) is 0 Å². The van der Waals surface area contributed by atoms with Crippen molar-refractivity contribution in [1.82, 2.24) is 5.32 Å². The molecule has 0 saturated carbocycles. The molecule has 1 aromatic rings. The number of carbonyl (C=O) groups is 1. The molecule has 4 nitrogen and oxygen atoms in total. The van der Waals surface area contributed by atoms with Gasteiger partial charge in [0.05, 0.1) is 13.0 Å². The number of amides is 1. The van der Waals surface area contributed by atoms with Crippen LogP contribution < -0.4 is 15.0 Å². The molecular weight excluding hydrogens is 259 g/mol.